The molecule has 1 rings (SSSR count). The highest BCUT2D eigenvalue weighted by atomic mass is 16.3. The van der Waals surface area contributed by atoms with E-state index in [1.807, 2.05) is 0 Å². The van der Waals surface area contributed by atoms with Gasteiger partial charge in [-0.1, -0.05) is 0 Å². The van der Waals surface area contributed by atoms with Crippen molar-refractivity contribution in [1.29, 1.82) is 0 Å². The Labute approximate surface area is 88.5 Å². The summed E-state index contributed by atoms with van der Waals surface area (Å²) >= 11 is 0. The van der Waals surface area contributed by atoms with Gasteiger partial charge in [0.25, 0.3) is 5.91 Å². The van der Waals surface area contributed by atoms with E-state index in [4.69, 9.17) is 10.8 Å². The lowest BCUT2D eigenvalue weighted by Crippen LogP contribution is -2.33. The maximum Gasteiger partial charge on any atom is 0.255 e. The van der Waals surface area contributed by atoms with Crippen LogP contribution in [0.2, 0.25) is 0 Å². The Hall–Kier alpha value is -1.62. The fourth-order valence-electron chi connectivity index (χ4n) is 1.23. The first-order valence-corrected chi connectivity index (χ1v) is 4.65. The third kappa shape index (κ3) is 3.21. The van der Waals surface area contributed by atoms with Crippen LogP contribution in [0.15, 0.2) is 18.3 Å². The number of aromatic nitrogens is 1. The summed E-state index contributed by atoms with van der Waals surface area (Å²) in [4.78, 5) is 17.0. The second-order valence-electron chi connectivity index (χ2n) is 3.51. The minimum atomic E-state index is -0.541. The van der Waals surface area contributed by atoms with E-state index < -0.39 is 6.10 Å². The highest BCUT2D eigenvalue weighted by molar-refractivity contribution is 5.93. The first-order chi connectivity index (χ1) is 7.00. The number of hydrogen-bond acceptors (Lipinski definition) is 4. The molecule has 82 valence electrons. The largest absolute Gasteiger partial charge is 0.392 e. The molecule has 0 aromatic carbocycles. The standard InChI is InChI=1S/C10H15N3O2/c1-7(14)6-13(2)10(15)8-3-4-9(11)12-5-8/h3-5,7,14H,6H2,1-2H3,(H2,11,12). The van der Waals surface area contributed by atoms with Gasteiger partial charge >= 0.3 is 0 Å². The second-order valence-corrected chi connectivity index (χ2v) is 3.51. The van der Waals surface area contributed by atoms with Crippen LogP contribution in [-0.4, -0.2) is 40.6 Å². The molecule has 1 aromatic heterocycles. The van der Waals surface area contributed by atoms with Crippen molar-refractivity contribution in [2.24, 2.45) is 0 Å². The summed E-state index contributed by atoms with van der Waals surface area (Å²) in [6.45, 7) is 1.92. The lowest BCUT2D eigenvalue weighted by atomic mass is 10.2. The molecule has 1 atom stereocenters. The lowest BCUT2D eigenvalue weighted by molar-refractivity contribution is 0.0703. The molecule has 0 aliphatic rings. The van der Waals surface area contributed by atoms with E-state index in [-0.39, 0.29) is 5.91 Å². The van der Waals surface area contributed by atoms with E-state index in [2.05, 4.69) is 4.98 Å². The smallest absolute Gasteiger partial charge is 0.255 e. The molecule has 0 saturated heterocycles. The van der Waals surface area contributed by atoms with Crippen LogP contribution in [0.3, 0.4) is 0 Å². The van der Waals surface area contributed by atoms with Crippen molar-refractivity contribution < 1.29 is 9.90 Å². The Bertz CT molecular complexity index is 335. The van der Waals surface area contributed by atoms with E-state index in [9.17, 15) is 4.79 Å². The number of pyridine rings is 1. The minimum absolute atomic E-state index is 0.177. The van der Waals surface area contributed by atoms with Crippen LogP contribution in [-0.2, 0) is 0 Å². The van der Waals surface area contributed by atoms with Gasteiger partial charge in [0.1, 0.15) is 5.82 Å². The van der Waals surface area contributed by atoms with Gasteiger partial charge in [0.05, 0.1) is 11.7 Å². The Morgan fingerprint density at radius 2 is 2.33 bits per heavy atom. The Morgan fingerprint density at radius 3 is 2.80 bits per heavy atom. The molecule has 0 fully saturated rings. The van der Waals surface area contributed by atoms with Gasteiger partial charge in [0, 0.05) is 19.8 Å². The molecule has 0 bridgehead atoms. The zero-order valence-corrected chi connectivity index (χ0v) is 8.84. The van der Waals surface area contributed by atoms with Gasteiger partial charge in [0.2, 0.25) is 0 Å². The quantitative estimate of drug-likeness (QED) is 0.740. The summed E-state index contributed by atoms with van der Waals surface area (Å²) < 4.78 is 0. The van der Waals surface area contributed by atoms with Crippen LogP contribution in [0.1, 0.15) is 17.3 Å². The zero-order chi connectivity index (χ0) is 11.4. The number of rotatable bonds is 3. The Kier molecular flexibility index (Phi) is 3.62. The molecule has 0 aliphatic carbocycles. The zero-order valence-electron chi connectivity index (χ0n) is 8.84. The SMILES string of the molecule is CC(O)CN(C)C(=O)c1ccc(N)nc1. The summed E-state index contributed by atoms with van der Waals surface area (Å²) in [6, 6.07) is 3.19. The van der Waals surface area contributed by atoms with Crippen molar-refractivity contribution in [1.82, 2.24) is 9.88 Å². The molecule has 1 heterocycles. The lowest BCUT2D eigenvalue weighted by Gasteiger charge is -2.18. The van der Waals surface area contributed by atoms with Crippen LogP contribution < -0.4 is 5.73 Å². The number of nitrogens with two attached hydrogens (primary N) is 1. The number of amides is 1. The van der Waals surface area contributed by atoms with Gasteiger partial charge in [-0.25, -0.2) is 4.98 Å². The Balaban J connectivity index is 2.72. The van der Waals surface area contributed by atoms with Crippen molar-refractivity contribution in [3.63, 3.8) is 0 Å². The second kappa shape index (κ2) is 4.75. The predicted molar refractivity (Wildman–Crippen MR) is 57.3 cm³/mol. The molecule has 3 N–H and O–H groups in total. The molecule has 5 nitrogen and oxygen atoms in total. The molecule has 1 aromatic rings. The Morgan fingerprint density at radius 1 is 1.67 bits per heavy atom. The number of carbonyl (C=O) groups is 1. The highest BCUT2D eigenvalue weighted by Crippen LogP contribution is 2.04. The van der Waals surface area contributed by atoms with Gasteiger partial charge in [-0.05, 0) is 19.1 Å². The minimum Gasteiger partial charge on any atom is -0.392 e. The number of hydrogen-bond donors (Lipinski definition) is 2. The van der Waals surface area contributed by atoms with Gasteiger partial charge in [0.15, 0.2) is 0 Å². The van der Waals surface area contributed by atoms with Crippen LogP contribution >= 0.6 is 0 Å². The van der Waals surface area contributed by atoms with Gasteiger partial charge in [-0.3, -0.25) is 4.79 Å². The van der Waals surface area contributed by atoms with E-state index in [0.29, 0.717) is 17.9 Å². The summed E-state index contributed by atoms with van der Waals surface area (Å²) in [5.41, 5.74) is 5.87. The van der Waals surface area contributed by atoms with Crippen LogP contribution in [0.5, 0.6) is 0 Å². The normalized spacial score (nSPS) is 12.2. The summed E-state index contributed by atoms with van der Waals surface area (Å²) in [5.74, 6) is 0.202. The van der Waals surface area contributed by atoms with Crippen LogP contribution in [0.25, 0.3) is 0 Å². The maximum absolute atomic E-state index is 11.7. The van der Waals surface area contributed by atoms with Gasteiger partial charge in [-0.2, -0.15) is 0 Å². The summed E-state index contributed by atoms with van der Waals surface area (Å²) in [6.07, 6.45) is 0.886. The first-order valence-electron chi connectivity index (χ1n) is 4.65. The molecule has 1 amide bonds. The average Bonchev–Trinajstić information content (AvgIpc) is 2.17. The molecule has 0 spiro atoms. The monoisotopic (exact) mass is 209 g/mol. The molecule has 15 heavy (non-hydrogen) atoms. The van der Waals surface area contributed by atoms with E-state index in [0.717, 1.165) is 0 Å². The van der Waals surface area contributed by atoms with Crippen molar-refractivity contribution >= 4 is 11.7 Å². The molecular formula is C10H15N3O2. The van der Waals surface area contributed by atoms with Gasteiger partial charge in [-0.15, -0.1) is 0 Å². The average molecular weight is 209 g/mol. The highest BCUT2D eigenvalue weighted by Gasteiger charge is 2.13. The molecule has 0 radical (unpaired) electrons. The number of aliphatic hydroxyl groups excluding tert-OH is 1. The molecule has 0 aliphatic heterocycles. The maximum atomic E-state index is 11.7. The topological polar surface area (TPSA) is 79.5 Å². The van der Waals surface area contributed by atoms with Crippen molar-refractivity contribution in [3.8, 4) is 0 Å². The fourth-order valence-corrected chi connectivity index (χ4v) is 1.23. The number of nitrogens with zero attached hydrogens (tertiary/aromatic N) is 2. The number of anilines is 1. The summed E-state index contributed by atoms with van der Waals surface area (Å²) in [7, 11) is 1.63. The third-order valence-electron chi connectivity index (χ3n) is 1.92. The predicted octanol–water partition coefficient (Wildman–Crippen LogP) is 0.117. The number of nitrogen functional groups attached to an aromatic ring is 1. The number of carbonyl (C=O) groups excluding carboxylic acids is 1. The summed E-state index contributed by atoms with van der Waals surface area (Å²) in [5, 5.41) is 9.13. The third-order valence-corrected chi connectivity index (χ3v) is 1.92. The van der Waals surface area contributed by atoms with E-state index >= 15 is 0 Å². The van der Waals surface area contributed by atoms with E-state index in [1.165, 1.54) is 11.1 Å². The number of likely N-dealkylation sites (N-methyl/N-ethyl adjacent to an activating group) is 1. The van der Waals surface area contributed by atoms with E-state index in [1.54, 1.807) is 26.1 Å². The van der Waals surface area contributed by atoms with Crippen LogP contribution in [0, 0.1) is 0 Å². The molecule has 5 heteroatoms. The molecular weight excluding hydrogens is 194 g/mol. The van der Waals surface area contributed by atoms with Crippen molar-refractivity contribution in [2.45, 2.75) is 13.0 Å². The molecule has 0 saturated carbocycles. The van der Waals surface area contributed by atoms with Crippen molar-refractivity contribution in [2.75, 3.05) is 19.3 Å². The van der Waals surface area contributed by atoms with Crippen LogP contribution in [0.4, 0.5) is 5.82 Å². The number of aliphatic hydroxyl groups is 1. The molecule has 1 unspecified atom stereocenters. The first kappa shape index (κ1) is 11.5. The van der Waals surface area contributed by atoms with Gasteiger partial charge < -0.3 is 15.7 Å². The fraction of sp³-hybridized carbons (Fsp3) is 0.400. The van der Waals surface area contributed by atoms with Crippen molar-refractivity contribution in [3.05, 3.63) is 23.9 Å².